The van der Waals surface area contributed by atoms with Gasteiger partial charge in [-0.15, -0.1) is 12.1 Å². The maximum Gasteiger partial charge on any atom is 0.405 e. The van der Waals surface area contributed by atoms with Crippen molar-refractivity contribution in [2.24, 2.45) is 0 Å². The van der Waals surface area contributed by atoms with Gasteiger partial charge < -0.3 is 0 Å². The van der Waals surface area contributed by atoms with Crippen LogP contribution in [0.25, 0.3) is 0 Å². The average Bonchev–Trinajstić information content (AvgIpc) is 2.03. The largest absolute Gasteiger partial charge is 0.405 e. The van der Waals surface area contributed by atoms with Crippen molar-refractivity contribution >= 4 is 23.2 Å². The van der Waals surface area contributed by atoms with Crippen LogP contribution in [0.3, 0.4) is 0 Å². The number of benzene rings is 1. The average molecular weight is 228 g/mol. The lowest BCUT2D eigenvalue weighted by atomic mass is 10.1. The molecule has 0 bridgehead atoms. The molecule has 0 aromatic heterocycles. The number of hydrogen-bond acceptors (Lipinski definition) is 0. The standard InChI is InChI=1S/C8H4Cl2F3/c9-7(10)5-2-1-3-6(4-5)8(11,12)13/h1-4H/q-1. The molecule has 0 aliphatic carbocycles. The third kappa shape index (κ3) is 2.71. The first-order chi connectivity index (χ1) is 5.91. The van der Waals surface area contributed by atoms with Crippen molar-refractivity contribution in [2.75, 3.05) is 0 Å². The normalized spacial score (nSPS) is 11.5. The van der Waals surface area contributed by atoms with Crippen LogP contribution in [0.1, 0.15) is 11.1 Å². The molecule has 1 aromatic carbocycles. The van der Waals surface area contributed by atoms with Gasteiger partial charge in [-0.25, -0.2) is 0 Å². The van der Waals surface area contributed by atoms with Crippen molar-refractivity contribution in [1.82, 2.24) is 0 Å². The summed E-state index contributed by atoms with van der Waals surface area (Å²) in [5.41, 5.74) is -0.595. The highest BCUT2D eigenvalue weighted by Crippen LogP contribution is 2.32. The Labute approximate surface area is 83.3 Å². The summed E-state index contributed by atoms with van der Waals surface area (Å²) in [4.78, 5) is -0.175. The topological polar surface area (TPSA) is 0 Å². The molecule has 72 valence electrons. The first-order valence-electron chi connectivity index (χ1n) is 3.27. The summed E-state index contributed by atoms with van der Waals surface area (Å²) in [6.07, 6.45) is -4.36. The van der Waals surface area contributed by atoms with Crippen LogP contribution in [0.2, 0.25) is 0 Å². The van der Waals surface area contributed by atoms with Gasteiger partial charge in [0.1, 0.15) is 0 Å². The van der Waals surface area contributed by atoms with Crippen LogP contribution in [0.5, 0.6) is 0 Å². The van der Waals surface area contributed by atoms with Gasteiger partial charge in [0.15, 0.2) is 0 Å². The molecule has 0 aliphatic rings. The summed E-state index contributed by atoms with van der Waals surface area (Å²) < 4.78 is 36.4. The summed E-state index contributed by atoms with van der Waals surface area (Å²) >= 11 is 10.7. The van der Waals surface area contributed by atoms with E-state index in [0.717, 1.165) is 12.1 Å². The van der Waals surface area contributed by atoms with Gasteiger partial charge in [0.25, 0.3) is 0 Å². The molecule has 0 heterocycles. The van der Waals surface area contributed by atoms with E-state index in [2.05, 4.69) is 0 Å². The Kier molecular flexibility index (Phi) is 2.98. The van der Waals surface area contributed by atoms with Crippen molar-refractivity contribution < 1.29 is 13.2 Å². The van der Waals surface area contributed by atoms with Crippen LogP contribution in [0.15, 0.2) is 24.3 Å². The number of halogens is 5. The summed E-state index contributed by atoms with van der Waals surface area (Å²) in [5.74, 6) is 0. The molecule has 13 heavy (non-hydrogen) atoms. The molecule has 0 radical (unpaired) electrons. The fourth-order valence-electron chi connectivity index (χ4n) is 0.813. The van der Waals surface area contributed by atoms with E-state index in [0.29, 0.717) is 0 Å². The second-order valence-corrected chi connectivity index (χ2v) is 3.29. The van der Waals surface area contributed by atoms with Crippen molar-refractivity contribution in [3.63, 3.8) is 0 Å². The Morgan fingerprint density at radius 2 is 1.77 bits per heavy atom. The summed E-state index contributed by atoms with van der Waals surface area (Å²) in [6, 6.07) is 4.52. The Balaban J connectivity index is 3.06. The van der Waals surface area contributed by atoms with Crippen molar-refractivity contribution in [1.29, 1.82) is 0 Å². The lowest BCUT2D eigenvalue weighted by molar-refractivity contribution is -0.137. The monoisotopic (exact) mass is 227 g/mol. The zero-order valence-corrected chi connectivity index (χ0v) is 7.71. The maximum absolute atomic E-state index is 12.1. The molecule has 0 amide bonds. The van der Waals surface area contributed by atoms with E-state index in [1.165, 1.54) is 12.1 Å². The van der Waals surface area contributed by atoms with E-state index in [4.69, 9.17) is 23.2 Å². The van der Waals surface area contributed by atoms with Crippen LogP contribution in [0, 0.1) is 4.84 Å². The third-order valence-corrected chi connectivity index (χ3v) is 1.84. The fourth-order valence-corrected chi connectivity index (χ4v) is 1.05. The molecule has 0 N–H and O–H groups in total. The number of alkyl halides is 3. The SMILES string of the molecule is FC(F)(F)c1cccc([C-](Cl)Cl)c1. The van der Waals surface area contributed by atoms with Crippen LogP contribution in [-0.2, 0) is 6.18 Å². The Bertz CT molecular complexity index is 294. The second kappa shape index (κ2) is 3.68. The second-order valence-electron chi connectivity index (χ2n) is 2.34. The Morgan fingerprint density at radius 3 is 2.23 bits per heavy atom. The van der Waals surface area contributed by atoms with E-state index in [1.54, 1.807) is 0 Å². The molecule has 0 fully saturated rings. The summed E-state index contributed by atoms with van der Waals surface area (Å²) in [7, 11) is 0. The molecule has 0 aliphatic heterocycles. The van der Waals surface area contributed by atoms with Gasteiger partial charge in [-0.2, -0.15) is 48.0 Å². The molecule has 0 atom stereocenters. The fraction of sp³-hybridized carbons (Fsp3) is 0.125. The van der Waals surface area contributed by atoms with Gasteiger partial charge in [-0.05, 0) is 5.56 Å². The van der Waals surface area contributed by atoms with Gasteiger partial charge in [0.05, 0.1) is 0 Å². The quantitative estimate of drug-likeness (QED) is 0.636. The lowest BCUT2D eigenvalue weighted by Gasteiger charge is -2.15. The Morgan fingerprint density at radius 1 is 1.15 bits per heavy atom. The lowest BCUT2D eigenvalue weighted by Crippen LogP contribution is -2.05. The minimum atomic E-state index is -4.36. The predicted octanol–water partition coefficient (Wildman–Crippen LogP) is 4.02. The van der Waals surface area contributed by atoms with E-state index in [-0.39, 0.29) is 10.4 Å². The zero-order valence-electron chi connectivity index (χ0n) is 6.20. The van der Waals surface area contributed by atoms with Gasteiger partial charge in [0.2, 0.25) is 0 Å². The number of hydrogen-bond donors (Lipinski definition) is 0. The van der Waals surface area contributed by atoms with Crippen LogP contribution in [0.4, 0.5) is 13.2 Å². The molecule has 1 aromatic rings. The molecule has 0 saturated carbocycles. The highest BCUT2D eigenvalue weighted by Gasteiger charge is 2.27. The molecule has 0 saturated heterocycles. The van der Waals surface area contributed by atoms with E-state index in [9.17, 15) is 13.2 Å². The smallest absolute Gasteiger partial charge is 0.167 e. The van der Waals surface area contributed by atoms with Crippen molar-refractivity contribution in [3.8, 4) is 0 Å². The summed E-state index contributed by atoms with van der Waals surface area (Å²) in [5, 5.41) is 0. The zero-order chi connectivity index (χ0) is 10.1. The van der Waals surface area contributed by atoms with Crippen molar-refractivity contribution in [3.05, 3.63) is 40.2 Å². The van der Waals surface area contributed by atoms with E-state index >= 15 is 0 Å². The number of rotatable bonds is 1. The highest BCUT2D eigenvalue weighted by molar-refractivity contribution is 6.54. The maximum atomic E-state index is 12.1. The molecule has 5 heteroatoms. The Hall–Kier alpha value is -0.540. The first kappa shape index (κ1) is 10.5. The molecule has 0 nitrogen and oxygen atoms in total. The minimum Gasteiger partial charge on any atom is -0.167 e. The summed E-state index contributed by atoms with van der Waals surface area (Å²) in [6.45, 7) is 0. The van der Waals surface area contributed by atoms with Crippen molar-refractivity contribution in [2.45, 2.75) is 6.18 Å². The van der Waals surface area contributed by atoms with Crippen LogP contribution >= 0.6 is 23.2 Å². The van der Waals surface area contributed by atoms with Gasteiger partial charge in [-0.1, -0.05) is 6.07 Å². The first-order valence-corrected chi connectivity index (χ1v) is 4.02. The molecule has 0 spiro atoms. The van der Waals surface area contributed by atoms with E-state index in [1.807, 2.05) is 0 Å². The van der Waals surface area contributed by atoms with Gasteiger partial charge in [0, 0.05) is 4.84 Å². The van der Waals surface area contributed by atoms with Gasteiger partial charge >= 0.3 is 6.18 Å². The van der Waals surface area contributed by atoms with Gasteiger partial charge in [-0.3, -0.25) is 0 Å². The molecule has 1 rings (SSSR count). The predicted molar refractivity (Wildman–Crippen MR) is 45.5 cm³/mol. The van der Waals surface area contributed by atoms with Crippen LogP contribution < -0.4 is 0 Å². The molecular formula is C8H4Cl2F3-. The third-order valence-electron chi connectivity index (χ3n) is 1.41. The molecule has 0 unspecified atom stereocenters. The van der Waals surface area contributed by atoms with E-state index < -0.39 is 11.7 Å². The minimum absolute atomic E-state index is 0.165. The van der Waals surface area contributed by atoms with Crippen LogP contribution in [-0.4, -0.2) is 0 Å². The highest BCUT2D eigenvalue weighted by atomic mass is 35.5. The molecular weight excluding hydrogens is 224 g/mol.